The number of unbranched alkanes of at least 4 members (excludes halogenated alkanes) is 1. The van der Waals surface area contributed by atoms with Gasteiger partial charge in [0, 0.05) is 56.0 Å². The number of nitrogens with zero attached hydrogens (tertiary/aromatic N) is 3. The highest BCUT2D eigenvalue weighted by atomic mass is 16.2. The van der Waals surface area contributed by atoms with Gasteiger partial charge in [-0.2, -0.15) is 0 Å². The highest BCUT2D eigenvalue weighted by Gasteiger charge is 2.38. The van der Waals surface area contributed by atoms with Crippen molar-refractivity contribution in [2.24, 2.45) is 95.6 Å². The third kappa shape index (κ3) is 34.2. The Balaban J connectivity index is 2.04. The molecule has 2 aromatic carbocycles. The van der Waals surface area contributed by atoms with Crippen molar-refractivity contribution in [3.05, 3.63) is 71.9 Å². The van der Waals surface area contributed by atoms with Gasteiger partial charge in [0.25, 0.3) is 0 Å². The number of amides is 14. The Morgan fingerprint density at radius 1 is 0.404 bits per heavy atom. The summed E-state index contributed by atoms with van der Waals surface area (Å²) in [5.41, 5.74) is 69.4. The predicted molar refractivity (Wildman–Crippen MR) is 406 cm³/mol. The van der Waals surface area contributed by atoms with Crippen LogP contribution in [-0.2, 0) is 80.0 Å². The molecule has 0 aliphatic rings. The van der Waals surface area contributed by atoms with Crippen LogP contribution < -0.4 is 122 Å². The number of nitrogens with one attached hydrogen (secondary N) is 11. The van der Waals surface area contributed by atoms with Crippen LogP contribution in [0.5, 0.6) is 0 Å². The number of primary amides is 4. The summed E-state index contributed by atoms with van der Waals surface area (Å²) in [6, 6.07) is -0.786. The quantitative estimate of drug-likeness (QED) is 0.0142. The fourth-order valence-corrected chi connectivity index (χ4v) is 11.2. The van der Waals surface area contributed by atoms with Gasteiger partial charge in [-0.25, -0.2) is 0 Å². The summed E-state index contributed by atoms with van der Waals surface area (Å²) in [4.78, 5) is 209. The third-order valence-corrected chi connectivity index (χ3v) is 17.4. The van der Waals surface area contributed by atoms with Crippen molar-refractivity contribution < 1.29 is 67.1 Å². The second-order valence-electron chi connectivity index (χ2n) is 26.7. The van der Waals surface area contributed by atoms with Gasteiger partial charge in [-0.05, 0) is 113 Å². The van der Waals surface area contributed by atoms with Crippen LogP contribution >= 0.6 is 0 Å². The van der Waals surface area contributed by atoms with E-state index in [0.717, 1.165) is 0 Å². The van der Waals surface area contributed by atoms with Crippen LogP contribution in [-0.4, -0.2) is 198 Å². The molecule has 35 N–H and O–H groups in total. The minimum atomic E-state index is -1.90. The molecule has 602 valence electrons. The monoisotopic (exact) mass is 1530 g/mol. The van der Waals surface area contributed by atoms with Crippen molar-refractivity contribution in [2.45, 2.75) is 203 Å². The number of benzene rings is 2. The van der Waals surface area contributed by atoms with Gasteiger partial charge in [0.05, 0.1) is 12.5 Å². The smallest absolute Gasteiger partial charge is 0.243 e. The molecule has 14 amide bonds. The number of fused-ring (bicyclic) bond motifs is 1. The van der Waals surface area contributed by atoms with E-state index in [-0.39, 0.29) is 115 Å². The molecule has 0 unspecified atom stereocenters. The number of guanidine groups is 3. The molecule has 1 aromatic heterocycles. The van der Waals surface area contributed by atoms with Crippen molar-refractivity contribution in [3.63, 3.8) is 0 Å². The van der Waals surface area contributed by atoms with Gasteiger partial charge in [-0.1, -0.05) is 82.6 Å². The topological polar surface area (TPSA) is 724 Å². The maximum absolute atomic E-state index is 14.9. The molecule has 0 aliphatic carbocycles. The number of para-hydroxylation sites is 1. The molecule has 0 saturated heterocycles. The van der Waals surface area contributed by atoms with Crippen LogP contribution in [0, 0.1) is 11.8 Å². The Bertz CT molecular complexity index is 3650. The highest BCUT2D eigenvalue weighted by Crippen LogP contribution is 2.21. The zero-order valence-electron chi connectivity index (χ0n) is 62.1. The van der Waals surface area contributed by atoms with E-state index < -0.39 is 187 Å². The third-order valence-electron chi connectivity index (χ3n) is 17.4. The first-order valence-electron chi connectivity index (χ1n) is 35.9. The van der Waals surface area contributed by atoms with Crippen molar-refractivity contribution in [1.82, 2.24) is 58.2 Å². The van der Waals surface area contributed by atoms with E-state index in [1.807, 2.05) is 0 Å². The Kier molecular flexibility index (Phi) is 40.1. The molecule has 0 fully saturated rings. The summed E-state index contributed by atoms with van der Waals surface area (Å²) in [6.45, 7) is 6.65. The van der Waals surface area contributed by atoms with Gasteiger partial charge in [0.15, 0.2) is 17.9 Å². The molecule has 3 rings (SSSR count). The molecule has 40 nitrogen and oxygen atoms in total. The van der Waals surface area contributed by atoms with E-state index in [0.29, 0.717) is 34.9 Å². The molecule has 0 saturated carbocycles. The maximum Gasteiger partial charge on any atom is 0.243 e. The van der Waals surface area contributed by atoms with E-state index in [1.54, 1.807) is 88.5 Å². The van der Waals surface area contributed by atoms with Crippen LogP contribution in [0.2, 0.25) is 0 Å². The number of rotatable bonds is 52. The molecule has 0 bridgehead atoms. The minimum Gasteiger partial charge on any atom is -0.370 e. The molecule has 0 aliphatic heterocycles. The number of carbonyl (C=O) groups is 14. The van der Waals surface area contributed by atoms with Crippen LogP contribution in [0.25, 0.3) is 10.9 Å². The summed E-state index contributed by atoms with van der Waals surface area (Å²) >= 11 is 0. The number of hydrogen-bond acceptors (Lipinski definition) is 19. The average Bonchev–Trinajstić information content (AvgIpc) is 1.80. The van der Waals surface area contributed by atoms with E-state index in [9.17, 15) is 67.1 Å². The number of carbonyl (C=O) groups excluding carboxylic acids is 14. The minimum absolute atomic E-state index is 0.0225. The Labute approximate surface area is 631 Å². The van der Waals surface area contributed by atoms with Gasteiger partial charge < -0.3 is 127 Å². The first-order chi connectivity index (χ1) is 51.5. The number of hydrogen-bond donors (Lipinski definition) is 23. The molecule has 3 aromatic rings. The summed E-state index contributed by atoms with van der Waals surface area (Å²) in [7, 11) is 0. The van der Waals surface area contributed by atoms with Gasteiger partial charge in [0.2, 0.25) is 82.7 Å². The lowest BCUT2D eigenvalue weighted by atomic mass is 9.96. The molecule has 109 heavy (non-hydrogen) atoms. The second kappa shape index (κ2) is 47.8. The lowest BCUT2D eigenvalue weighted by molar-refractivity contribution is -0.137. The van der Waals surface area contributed by atoms with Crippen LogP contribution in [0.1, 0.15) is 135 Å². The van der Waals surface area contributed by atoms with E-state index in [1.165, 1.54) is 0 Å². The molecular weight excluding hydrogens is 1420 g/mol. The predicted octanol–water partition coefficient (Wildman–Crippen LogP) is -6.99. The second-order valence-corrected chi connectivity index (χ2v) is 26.7. The molecule has 40 heteroatoms. The number of aromatic amines is 1. The average molecular weight is 1530 g/mol. The zero-order chi connectivity index (χ0) is 81.4. The van der Waals surface area contributed by atoms with Crippen molar-refractivity contribution >= 4 is 111 Å². The van der Waals surface area contributed by atoms with E-state index in [4.69, 9.17) is 68.8 Å². The Morgan fingerprint density at radius 3 is 1.25 bits per heavy atom. The number of aliphatic imine (C=N–C) groups is 3. The lowest BCUT2D eigenvalue weighted by Gasteiger charge is -2.30. The summed E-state index contributed by atoms with van der Waals surface area (Å²) in [5.74, 6) is -15.6. The van der Waals surface area contributed by atoms with Gasteiger partial charge >= 0.3 is 0 Å². The molecule has 0 spiro atoms. The molecule has 1 heterocycles. The van der Waals surface area contributed by atoms with E-state index in [2.05, 4.69) is 73.1 Å². The first kappa shape index (κ1) is 91.5. The standard InChI is InChI=1S/C69H112N26O14/c1-5-37(4)55(66(109)91-46(23-15-31-84-69(80)81)58(101)88-44(20-11-12-28-70)62(105)94-54(36(2)3)65(108)86-43(56(75)99)21-13-29-82-67(76)77)95-64(107)50(34-53(74)98)93-59(102)45(22-14-30-83-68(78)79)89-60(103)48(25-27-52(73)97)90-63(106)49(33-39-35-85-42-19-10-9-18-40(39)42)92-61(104)47(24-26-51(72)96)87-57(100)41(71)32-38-16-7-6-8-17-38/h6-10,16-19,35-37,41,43-50,54-55,85H,5,11-15,20-34,70-71H2,1-4H3,(H2,72,96)(H2,73,97)(H2,74,98)(H2,75,99)(H,86,108)(H,87,100)(H,88,101)(H,89,103)(H,90,106)(H,91,109)(H,92,104)(H,93,102)(H,94,105)(H,95,107)(H4,76,77,82)(H4,78,79,83)(H4,80,81,84)/t37-,41-,43-,44-,45-,46-,47-,48-,49-,50-,54-,55-/m0/s1. The largest absolute Gasteiger partial charge is 0.370 e. The fourth-order valence-electron chi connectivity index (χ4n) is 11.2. The first-order valence-corrected chi connectivity index (χ1v) is 35.9. The van der Waals surface area contributed by atoms with Gasteiger partial charge in [-0.15, -0.1) is 0 Å². The summed E-state index contributed by atoms with van der Waals surface area (Å²) in [5, 5.41) is 26.4. The van der Waals surface area contributed by atoms with Gasteiger partial charge in [0.1, 0.15) is 60.4 Å². The van der Waals surface area contributed by atoms with Crippen molar-refractivity contribution in [2.75, 3.05) is 26.2 Å². The highest BCUT2D eigenvalue weighted by molar-refractivity contribution is 6.01. The fraction of sp³-hybridized carbons (Fsp3) is 0.551. The number of H-pyrrole nitrogens is 1. The van der Waals surface area contributed by atoms with Crippen LogP contribution in [0.3, 0.4) is 0 Å². The Morgan fingerprint density at radius 2 is 0.789 bits per heavy atom. The van der Waals surface area contributed by atoms with E-state index >= 15 is 0 Å². The SMILES string of the molecule is CC[C@H](C)[C@H](NC(=O)[C@H](CC(N)=O)NC(=O)[C@H](CCCN=C(N)N)NC(=O)[C@H](CCC(N)=O)NC(=O)[C@H](Cc1c[nH]c2ccccc12)NC(=O)[C@H](CCC(N)=O)NC(=O)[C@@H](N)Cc1ccccc1)C(=O)N[C@@H](CCCN=C(N)N)C(=O)N[C@@H](CCCCN)C(=O)N[C@H](C(=O)N[C@@H](CCCN=C(N)N)C(N)=O)C(C)C. The van der Waals surface area contributed by atoms with Gasteiger partial charge in [-0.3, -0.25) is 82.1 Å². The number of nitrogens with two attached hydrogens (primary N) is 12. The molecular formula is C69H112N26O14. The zero-order valence-corrected chi connectivity index (χ0v) is 62.1. The number of aromatic nitrogens is 1. The maximum atomic E-state index is 14.9. The lowest BCUT2D eigenvalue weighted by Crippen LogP contribution is -2.62. The van der Waals surface area contributed by atoms with Crippen molar-refractivity contribution in [3.8, 4) is 0 Å². The normalized spacial score (nSPS) is 14.3. The van der Waals surface area contributed by atoms with Crippen molar-refractivity contribution in [1.29, 1.82) is 0 Å². The summed E-state index contributed by atoms with van der Waals surface area (Å²) < 4.78 is 0. The van der Waals surface area contributed by atoms with Crippen LogP contribution in [0.15, 0.2) is 75.8 Å². The van der Waals surface area contributed by atoms with Crippen LogP contribution in [0.4, 0.5) is 0 Å². The summed E-state index contributed by atoms with van der Waals surface area (Å²) in [6.07, 6.45) is -0.694. The Hall–Kier alpha value is -11.7. The molecule has 12 atom stereocenters. The molecule has 0 radical (unpaired) electrons.